The van der Waals surface area contributed by atoms with E-state index in [2.05, 4.69) is 20.3 Å². The zero-order chi connectivity index (χ0) is 18.8. The lowest BCUT2D eigenvalue weighted by Crippen LogP contribution is -2.21. The third-order valence-electron chi connectivity index (χ3n) is 4.13. The summed E-state index contributed by atoms with van der Waals surface area (Å²) >= 11 is 0. The van der Waals surface area contributed by atoms with Crippen LogP contribution in [0.3, 0.4) is 0 Å². The van der Waals surface area contributed by atoms with E-state index in [1.807, 2.05) is 47.0 Å². The van der Waals surface area contributed by atoms with Crippen LogP contribution in [0.25, 0.3) is 17.0 Å². The molecule has 7 heteroatoms. The number of nitrogens with zero attached hydrogens (tertiary/aromatic N) is 5. The summed E-state index contributed by atoms with van der Waals surface area (Å²) in [7, 11) is 3.46. The highest BCUT2D eigenvalue weighted by Crippen LogP contribution is 2.21. The number of carbonyl (C=O) groups excluding carboxylic acids is 1. The molecule has 0 saturated carbocycles. The van der Waals surface area contributed by atoms with Crippen LogP contribution in [-0.4, -0.2) is 44.3 Å². The van der Waals surface area contributed by atoms with Crippen molar-refractivity contribution in [1.82, 2.24) is 24.3 Å². The fourth-order valence-electron chi connectivity index (χ4n) is 2.77. The van der Waals surface area contributed by atoms with E-state index in [-0.39, 0.29) is 5.91 Å². The van der Waals surface area contributed by atoms with Crippen LogP contribution < -0.4 is 5.32 Å². The first-order valence-corrected chi connectivity index (χ1v) is 8.46. The predicted octanol–water partition coefficient (Wildman–Crippen LogP) is 3.24. The standard InChI is InChI=1S/C20H18N6O/c1-25(2)19(27)14-6-8-15(9-7-14)23-20-21-11-10-16(24-20)17-13-22-18-5-3-4-12-26(17)18/h3-13H,1-2H3,(H,21,23,24). The summed E-state index contributed by atoms with van der Waals surface area (Å²) in [6, 6.07) is 14.9. The number of pyridine rings is 1. The SMILES string of the molecule is CN(C)C(=O)c1ccc(Nc2nccc(-c3cnc4ccccn34)n2)cc1. The number of hydrogen-bond acceptors (Lipinski definition) is 5. The van der Waals surface area contributed by atoms with Crippen molar-refractivity contribution >= 4 is 23.2 Å². The lowest BCUT2D eigenvalue weighted by Gasteiger charge is -2.11. The molecule has 0 atom stereocenters. The Hall–Kier alpha value is -3.74. The van der Waals surface area contributed by atoms with Gasteiger partial charge in [-0.3, -0.25) is 9.20 Å². The summed E-state index contributed by atoms with van der Waals surface area (Å²) in [4.78, 5) is 26.8. The molecule has 0 unspecified atom stereocenters. The Bertz CT molecular complexity index is 1100. The molecule has 0 bridgehead atoms. The van der Waals surface area contributed by atoms with Gasteiger partial charge in [-0.1, -0.05) is 6.07 Å². The average molecular weight is 358 g/mol. The number of aromatic nitrogens is 4. The maximum absolute atomic E-state index is 12.0. The third-order valence-corrected chi connectivity index (χ3v) is 4.13. The molecule has 0 aliphatic carbocycles. The van der Waals surface area contributed by atoms with Crippen molar-refractivity contribution in [1.29, 1.82) is 0 Å². The minimum atomic E-state index is -0.0348. The molecule has 0 aliphatic heterocycles. The highest BCUT2D eigenvalue weighted by molar-refractivity contribution is 5.94. The largest absolute Gasteiger partial charge is 0.345 e. The summed E-state index contributed by atoms with van der Waals surface area (Å²) in [5.41, 5.74) is 3.96. The fraction of sp³-hybridized carbons (Fsp3) is 0.100. The lowest BCUT2D eigenvalue weighted by atomic mass is 10.2. The van der Waals surface area contributed by atoms with Crippen LogP contribution in [0.2, 0.25) is 0 Å². The Balaban J connectivity index is 1.59. The van der Waals surface area contributed by atoms with Gasteiger partial charge in [0.15, 0.2) is 0 Å². The van der Waals surface area contributed by atoms with Gasteiger partial charge in [0.1, 0.15) is 5.65 Å². The highest BCUT2D eigenvalue weighted by Gasteiger charge is 2.10. The number of hydrogen-bond donors (Lipinski definition) is 1. The second kappa shape index (κ2) is 6.87. The third kappa shape index (κ3) is 3.35. The number of amides is 1. The first-order valence-electron chi connectivity index (χ1n) is 8.46. The lowest BCUT2D eigenvalue weighted by molar-refractivity contribution is 0.0827. The molecule has 3 heterocycles. The van der Waals surface area contributed by atoms with Crippen molar-refractivity contribution in [3.8, 4) is 11.4 Å². The molecule has 1 aromatic carbocycles. The maximum atomic E-state index is 12.0. The summed E-state index contributed by atoms with van der Waals surface area (Å²) in [5.74, 6) is 0.442. The van der Waals surface area contributed by atoms with Gasteiger partial charge in [-0.25, -0.2) is 15.0 Å². The Labute approximate surface area is 156 Å². The molecule has 4 aromatic rings. The number of anilines is 2. The number of imidazole rings is 1. The van der Waals surface area contributed by atoms with E-state index in [1.54, 1.807) is 43.5 Å². The van der Waals surface area contributed by atoms with Gasteiger partial charge in [-0.15, -0.1) is 0 Å². The summed E-state index contributed by atoms with van der Waals surface area (Å²) < 4.78 is 1.98. The molecular formula is C20H18N6O. The van der Waals surface area contributed by atoms with E-state index in [0.717, 1.165) is 22.7 Å². The molecule has 7 nitrogen and oxygen atoms in total. The van der Waals surface area contributed by atoms with Gasteiger partial charge in [0.25, 0.3) is 5.91 Å². The van der Waals surface area contributed by atoms with Crippen molar-refractivity contribution < 1.29 is 4.79 Å². The highest BCUT2D eigenvalue weighted by atomic mass is 16.2. The minimum absolute atomic E-state index is 0.0348. The quantitative estimate of drug-likeness (QED) is 0.606. The van der Waals surface area contributed by atoms with Crippen LogP contribution in [0.5, 0.6) is 0 Å². The summed E-state index contributed by atoms with van der Waals surface area (Å²) in [5, 5.41) is 3.17. The Kier molecular flexibility index (Phi) is 4.25. The Morgan fingerprint density at radius 3 is 2.63 bits per heavy atom. The van der Waals surface area contributed by atoms with Gasteiger partial charge >= 0.3 is 0 Å². The summed E-state index contributed by atoms with van der Waals surface area (Å²) in [6.07, 6.45) is 5.45. The molecule has 1 amide bonds. The van der Waals surface area contributed by atoms with Gasteiger partial charge in [0.2, 0.25) is 5.95 Å². The van der Waals surface area contributed by atoms with Crippen molar-refractivity contribution in [2.24, 2.45) is 0 Å². The monoisotopic (exact) mass is 358 g/mol. The molecule has 27 heavy (non-hydrogen) atoms. The topological polar surface area (TPSA) is 75.4 Å². The number of carbonyl (C=O) groups is 1. The van der Waals surface area contributed by atoms with E-state index in [9.17, 15) is 4.79 Å². The average Bonchev–Trinajstić information content (AvgIpc) is 3.12. The van der Waals surface area contributed by atoms with Crippen LogP contribution in [0.1, 0.15) is 10.4 Å². The Morgan fingerprint density at radius 2 is 1.85 bits per heavy atom. The van der Waals surface area contributed by atoms with Gasteiger partial charge < -0.3 is 10.2 Å². The zero-order valence-corrected chi connectivity index (χ0v) is 15.0. The number of benzene rings is 1. The Morgan fingerprint density at radius 1 is 1.04 bits per heavy atom. The van der Waals surface area contributed by atoms with Gasteiger partial charge in [-0.2, -0.15) is 0 Å². The van der Waals surface area contributed by atoms with Gasteiger partial charge in [-0.05, 0) is 42.5 Å². The van der Waals surface area contributed by atoms with E-state index in [4.69, 9.17) is 0 Å². The van der Waals surface area contributed by atoms with Crippen molar-refractivity contribution in [3.63, 3.8) is 0 Å². The molecule has 0 spiro atoms. The fourth-order valence-corrected chi connectivity index (χ4v) is 2.77. The molecule has 0 radical (unpaired) electrons. The molecule has 0 saturated heterocycles. The van der Waals surface area contributed by atoms with E-state index >= 15 is 0 Å². The first kappa shape index (κ1) is 16.7. The summed E-state index contributed by atoms with van der Waals surface area (Å²) in [6.45, 7) is 0. The van der Waals surface area contributed by atoms with Gasteiger partial charge in [0.05, 0.1) is 17.6 Å². The van der Waals surface area contributed by atoms with Crippen LogP contribution in [0, 0.1) is 0 Å². The first-order chi connectivity index (χ1) is 13.1. The van der Waals surface area contributed by atoms with Crippen molar-refractivity contribution in [3.05, 3.63) is 72.7 Å². The predicted molar refractivity (Wildman–Crippen MR) is 104 cm³/mol. The van der Waals surface area contributed by atoms with Gasteiger partial charge in [0, 0.05) is 37.7 Å². The van der Waals surface area contributed by atoms with Crippen LogP contribution in [-0.2, 0) is 0 Å². The molecule has 4 rings (SSSR count). The van der Waals surface area contributed by atoms with Crippen LogP contribution in [0.4, 0.5) is 11.6 Å². The zero-order valence-electron chi connectivity index (χ0n) is 15.0. The normalized spacial score (nSPS) is 10.7. The smallest absolute Gasteiger partial charge is 0.253 e. The second-order valence-corrected chi connectivity index (χ2v) is 6.24. The van der Waals surface area contributed by atoms with E-state index in [0.29, 0.717) is 11.5 Å². The molecule has 3 aromatic heterocycles. The number of fused-ring (bicyclic) bond motifs is 1. The molecule has 0 aliphatic rings. The van der Waals surface area contributed by atoms with Crippen LogP contribution >= 0.6 is 0 Å². The van der Waals surface area contributed by atoms with Crippen molar-refractivity contribution in [2.45, 2.75) is 0 Å². The van der Waals surface area contributed by atoms with Crippen molar-refractivity contribution in [2.75, 3.05) is 19.4 Å². The number of nitrogens with one attached hydrogen (secondary N) is 1. The molecular weight excluding hydrogens is 340 g/mol. The minimum Gasteiger partial charge on any atom is -0.345 e. The molecule has 134 valence electrons. The maximum Gasteiger partial charge on any atom is 0.253 e. The second-order valence-electron chi connectivity index (χ2n) is 6.24. The molecule has 0 fully saturated rings. The number of rotatable bonds is 4. The molecule has 1 N–H and O–H groups in total. The van der Waals surface area contributed by atoms with Crippen LogP contribution in [0.15, 0.2) is 67.1 Å². The van der Waals surface area contributed by atoms with E-state index in [1.165, 1.54) is 0 Å². The van der Waals surface area contributed by atoms with E-state index < -0.39 is 0 Å².